The van der Waals surface area contributed by atoms with Crippen molar-refractivity contribution in [2.45, 2.75) is 6.92 Å². The smallest absolute Gasteiger partial charge is 0.164 e. The zero-order valence-electron chi connectivity index (χ0n) is 29.7. The van der Waals surface area contributed by atoms with Crippen molar-refractivity contribution in [3.63, 3.8) is 0 Å². The van der Waals surface area contributed by atoms with Crippen LogP contribution in [0, 0.1) is 6.92 Å². The van der Waals surface area contributed by atoms with Crippen molar-refractivity contribution in [3.05, 3.63) is 210 Å². The lowest BCUT2D eigenvalue weighted by atomic mass is 9.94. The first-order chi connectivity index (χ1) is 26.7. The molecule has 4 heteroatoms. The number of hydrogen-bond acceptors (Lipinski definition) is 4. The number of hydrogen-bond donors (Lipinski definition) is 0. The molecule has 0 amide bonds. The van der Waals surface area contributed by atoms with Crippen molar-refractivity contribution in [2.75, 3.05) is 0 Å². The SMILES string of the molecule is Cc1ccccc1/C(=C\C=C\c1ccc2c(c1)oc1cccc(-c3nc(-c4ccccc4)nc(-c4ccc(-c5ccccc5)cc4)n3)c12)c1ccccc1. The molecule has 0 saturated heterocycles. The molecule has 9 aromatic rings. The number of benzene rings is 7. The molecule has 54 heavy (non-hydrogen) atoms. The Balaban J connectivity index is 1.11. The van der Waals surface area contributed by atoms with Crippen LogP contribution in [-0.4, -0.2) is 15.0 Å². The highest BCUT2D eigenvalue weighted by Crippen LogP contribution is 2.37. The van der Waals surface area contributed by atoms with Gasteiger partial charge in [0.25, 0.3) is 0 Å². The summed E-state index contributed by atoms with van der Waals surface area (Å²) in [7, 11) is 0. The summed E-state index contributed by atoms with van der Waals surface area (Å²) in [6.45, 7) is 2.16. The molecule has 0 atom stereocenters. The maximum absolute atomic E-state index is 6.50. The minimum absolute atomic E-state index is 0.595. The van der Waals surface area contributed by atoms with E-state index in [4.69, 9.17) is 19.4 Å². The Morgan fingerprint density at radius 1 is 0.500 bits per heavy atom. The molecule has 0 spiro atoms. The van der Waals surface area contributed by atoms with Crippen molar-refractivity contribution in [3.8, 4) is 45.3 Å². The molecular weight excluding hydrogens is 659 g/mol. The van der Waals surface area contributed by atoms with Crippen LogP contribution in [0.15, 0.2) is 192 Å². The van der Waals surface area contributed by atoms with Crippen LogP contribution < -0.4 is 0 Å². The van der Waals surface area contributed by atoms with Crippen molar-refractivity contribution in [1.82, 2.24) is 15.0 Å². The van der Waals surface area contributed by atoms with Gasteiger partial charge in [0, 0.05) is 27.5 Å². The van der Waals surface area contributed by atoms with Gasteiger partial charge in [-0.05, 0) is 64.1 Å². The molecule has 0 aliphatic heterocycles. The number of aromatic nitrogens is 3. The van der Waals surface area contributed by atoms with Gasteiger partial charge in [-0.15, -0.1) is 0 Å². The summed E-state index contributed by atoms with van der Waals surface area (Å²) in [4.78, 5) is 15.1. The summed E-state index contributed by atoms with van der Waals surface area (Å²) in [5.41, 5.74) is 12.5. The number of aryl methyl sites for hydroxylation is 1. The van der Waals surface area contributed by atoms with Crippen LogP contribution in [0.2, 0.25) is 0 Å². The van der Waals surface area contributed by atoms with E-state index < -0.39 is 0 Å². The summed E-state index contributed by atoms with van der Waals surface area (Å²) in [5.74, 6) is 1.83. The van der Waals surface area contributed by atoms with Gasteiger partial charge in [-0.25, -0.2) is 15.0 Å². The largest absolute Gasteiger partial charge is 0.456 e. The topological polar surface area (TPSA) is 51.8 Å². The molecule has 4 nitrogen and oxygen atoms in total. The average molecular weight is 694 g/mol. The fourth-order valence-corrected chi connectivity index (χ4v) is 7.01. The van der Waals surface area contributed by atoms with Crippen LogP contribution >= 0.6 is 0 Å². The molecule has 256 valence electrons. The van der Waals surface area contributed by atoms with Crippen LogP contribution in [0.3, 0.4) is 0 Å². The number of furan rings is 1. The number of allylic oxidation sites excluding steroid dienone is 2. The monoisotopic (exact) mass is 693 g/mol. The highest BCUT2D eigenvalue weighted by atomic mass is 16.3. The normalized spacial score (nSPS) is 11.8. The van der Waals surface area contributed by atoms with Crippen LogP contribution in [0.5, 0.6) is 0 Å². The second-order valence-electron chi connectivity index (χ2n) is 13.3. The fraction of sp³-hybridized carbons (Fsp3) is 0.0200. The Bertz CT molecular complexity index is 2800. The zero-order chi connectivity index (χ0) is 36.3. The molecule has 0 aliphatic carbocycles. The number of rotatable bonds is 8. The molecule has 0 aliphatic rings. The van der Waals surface area contributed by atoms with Crippen LogP contribution in [-0.2, 0) is 0 Å². The molecule has 0 radical (unpaired) electrons. The fourth-order valence-electron chi connectivity index (χ4n) is 7.01. The van der Waals surface area contributed by atoms with Gasteiger partial charge in [0.2, 0.25) is 0 Å². The van der Waals surface area contributed by atoms with E-state index in [1.165, 1.54) is 22.3 Å². The van der Waals surface area contributed by atoms with Gasteiger partial charge in [0.15, 0.2) is 17.5 Å². The Morgan fingerprint density at radius 2 is 1.09 bits per heavy atom. The molecule has 0 saturated carbocycles. The summed E-state index contributed by atoms with van der Waals surface area (Å²) >= 11 is 0. The van der Waals surface area contributed by atoms with Crippen molar-refractivity contribution in [2.24, 2.45) is 0 Å². The third kappa shape index (κ3) is 6.53. The highest BCUT2D eigenvalue weighted by Gasteiger charge is 2.18. The molecule has 0 fully saturated rings. The summed E-state index contributed by atoms with van der Waals surface area (Å²) in [5, 5.41) is 1.98. The molecular formula is C50H35N3O. The van der Waals surface area contributed by atoms with Gasteiger partial charge in [-0.2, -0.15) is 0 Å². The Labute approximate surface area is 314 Å². The Hall–Kier alpha value is -7.17. The van der Waals surface area contributed by atoms with Gasteiger partial charge >= 0.3 is 0 Å². The molecule has 0 bridgehead atoms. The lowest BCUT2D eigenvalue weighted by Crippen LogP contribution is -2.00. The van der Waals surface area contributed by atoms with Crippen molar-refractivity contribution >= 4 is 33.6 Å². The Kier molecular flexibility index (Phi) is 8.76. The molecule has 7 aromatic carbocycles. The lowest BCUT2D eigenvalue weighted by Gasteiger charge is -2.10. The number of fused-ring (bicyclic) bond motifs is 3. The second-order valence-corrected chi connectivity index (χ2v) is 13.3. The molecule has 9 rings (SSSR count). The third-order valence-corrected chi connectivity index (χ3v) is 9.75. The maximum atomic E-state index is 6.50. The van der Waals surface area contributed by atoms with E-state index in [2.05, 4.69) is 153 Å². The average Bonchev–Trinajstić information content (AvgIpc) is 3.62. The van der Waals surface area contributed by atoms with E-state index in [-0.39, 0.29) is 0 Å². The summed E-state index contributed by atoms with van der Waals surface area (Å²) < 4.78 is 6.50. The second kappa shape index (κ2) is 14.5. The molecule has 2 aromatic heterocycles. The summed E-state index contributed by atoms with van der Waals surface area (Å²) in [6.07, 6.45) is 6.44. The van der Waals surface area contributed by atoms with Crippen molar-refractivity contribution < 1.29 is 4.42 Å². The van der Waals surface area contributed by atoms with Gasteiger partial charge in [-0.1, -0.05) is 176 Å². The zero-order valence-corrected chi connectivity index (χ0v) is 29.7. The van der Waals surface area contributed by atoms with Gasteiger partial charge in [0.05, 0.1) is 0 Å². The molecule has 0 unspecified atom stereocenters. The van der Waals surface area contributed by atoms with E-state index in [9.17, 15) is 0 Å². The minimum Gasteiger partial charge on any atom is -0.456 e. The van der Waals surface area contributed by atoms with E-state index >= 15 is 0 Å². The van der Waals surface area contributed by atoms with Crippen LogP contribution in [0.25, 0.3) is 78.9 Å². The molecule has 0 N–H and O–H groups in total. The standard InChI is InChI=1S/C50H35N3O/c1-34-15-11-12-23-41(34)42(38-19-7-3-8-20-38)24-13-16-35-27-32-43-46(33-35)54-45-26-14-25-44(47(43)45)50-52-48(39-21-9-4-10-22-39)51-49(53-50)40-30-28-37(29-31-40)36-17-5-2-6-18-36/h2-33H,1H3/b16-13+,42-24-. The lowest BCUT2D eigenvalue weighted by molar-refractivity contribution is 0.669. The first-order valence-corrected chi connectivity index (χ1v) is 18.1. The van der Waals surface area contributed by atoms with Crippen LogP contribution in [0.1, 0.15) is 22.3 Å². The first-order valence-electron chi connectivity index (χ1n) is 18.1. The van der Waals surface area contributed by atoms with E-state index in [0.717, 1.165) is 55.3 Å². The van der Waals surface area contributed by atoms with Crippen molar-refractivity contribution in [1.29, 1.82) is 0 Å². The minimum atomic E-state index is 0.595. The van der Waals surface area contributed by atoms with Gasteiger partial charge in [0.1, 0.15) is 11.2 Å². The molecule has 2 heterocycles. The quantitative estimate of drug-likeness (QED) is 0.149. The Morgan fingerprint density at radius 3 is 1.81 bits per heavy atom. The van der Waals surface area contributed by atoms with Gasteiger partial charge < -0.3 is 4.42 Å². The van der Waals surface area contributed by atoms with Crippen LogP contribution in [0.4, 0.5) is 0 Å². The summed E-state index contributed by atoms with van der Waals surface area (Å²) in [6, 6.07) is 60.3. The predicted molar refractivity (Wildman–Crippen MR) is 223 cm³/mol. The van der Waals surface area contributed by atoms with E-state index in [1.54, 1.807) is 0 Å². The highest BCUT2D eigenvalue weighted by molar-refractivity contribution is 6.12. The van der Waals surface area contributed by atoms with E-state index in [1.807, 2.05) is 48.5 Å². The predicted octanol–water partition coefficient (Wildman–Crippen LogP) is 12.9. The van der Waals surface area contributed by atoms with Gasteiger partial charge in [-0.3, -0.25) is 0 Å². The third-order valence-electron chi connectivity index (χ3n) is 9.75. The van der Waals surface area contributed by atoms with E-state index in [0.29, 0.717) is 17.5 Å². The first kappa shape index (κ1) is 32.7. The number of nitrogens with zero attached hydrogens (tertiary/aromatic N) is 3. The maximum Gasteiger partial charge on any atom is 0.164 e.